The lowest BCUT2D eigenvalue weighted by molar-refractivity contribution is 0.00578. The molecule has 0 aliphatic carbocycles. The Labute approximate surface area is 129 Å². The highest BCUT2D eigenvalue weighted by Gasteiger charge is 2.52. The molecule has 1 aliphatic rings. The highest BCUT2D eigenvalue weighted by Crippen LogP contribution is 2.37. The average molecular weight is 335 g/mol. The summed E-state index contributed by atoms with van der Waals surface area (Å²) in [6, 6.07) is 2.72. The Morgan fingerprint density at radius 1 is 1.14 bits per heavy atom. The summed E-state index contributed by atoms with van der Waals surface area (Å²) in [5.41, 5.74) is -1.26. The van der Waals surface area contributed by atoms with Crippen molar-refractivity contribution in [3.8, 4) is 0 Å². The number of halogens is 2. The summed E-state index contributed by atoms with van der Waals surface area (Å²) in [5.74, 6) is -0.927. The molecule has 1 aromatic rings. The van der Waals surface area contributed by atoms with Crippen molar-refractivity contribution in [2.45, 2.75) is 43.8 Å². The molecule has 0 unspecified atom stereocenters. The van der Waals surface area contributed by atoms with Crippen molar-refractivity contribution in [1.29, 1.82) is 0 Å². The highest BCUT2D eigenvalue weighted by atomic mass is 35.5. The van der Waals surface area contributed by atoms with Crippen molar-refractivity contribution >= 4 is 34.0 Å². The van der Waals surface area contributed by atoms with E-state index in [-0.39, 0.29) is 10.5 Å². The molecule has 0 N–H and O–H groups in total. The zero-order chi connectivity index (χ0) is 16.2. The first kappa shape index (κ1) is 16.7. The van der Waals surface area contributed by atoms with Gasteiger partial charge in [0.05, 0.1) is 16.2 Å². The third kappa shape index (κ3) is 2.84. The first-order chi connectivity index (χ1) is 9.37. The van der Waals surface area contributed by atoms with Crippen molar-refractivity contribution < 1.29 is 22.1 Å². The maximum absolute atomic E-state index is 14.6. The van der Waals surface area contributed by atoms with E-state index < -0.39 is 38.9 Å². The van der Waals surface area contributed by atoms with Gasteiger partial charge in [-0.05, 0) is 33.8 Å². The van der Waals surface area contributed by atoms with Crippen LogP contribution in [0.1, 0.15) is 27.7 Å². The Morgan fingerprint density at radius 2 is 1.62 bits per heavy atom. The monoisotopic (exact) mass is 334 g/mol. The summed E-state index contributed by atoms with van der Waals surface area (Å²) in [4.78, 5) is -0.531. The van der Waals surface area contributed by atoms with Crippen molar-refractivity contribution in [3.05, 3.63) is 23.0 Å². The molecule has 0 bridgehead atoms. The predicted octanol–water partition coefficient (Wildman–Crippen LogP) is 2.18. The van der Waals surface area contributed by atoms with E-state index in [0.29, 0.717) is 0 Å². The van der Waals surface area contributed by atoms with E-state index in [0.717, 1.165) is 6.26 Å². The lowest BCUT2D eigenvalue weighted by atomic mass is 9.79. The molecule has 1 saturated heterocycles. The molecular formula is C13H17BClFO4S. The minimum absolute atomic E-state index is 0.0264. The summed E-state index contributed by atoms with van der Waals surface area (Å²) in [7, 11) is -4.77. The Hall–Kier alpha value is -0.625. The second-order valence-electron chi connectivity index (χ2n) is 6.14. The van der Waals surface area contributed by atoms with Crippen molar-refractivity contribution in [2.24, 2.45) is 0 Å². The van der Waals surface area contributed by atoms with Crippen molar-refractivity contribution in [2.75, 3.05) is 6.26 Å². The Balaban J connectivity index is 2.54. The molecule has 4 nitrogen and oxygen atoms in total. The third-order valence-corrected chi connectivity index (χ3v) is 5.52. The fourth-order valence-corrected chi connectivity index (χ4v) is 3.47. The van der Waals surface area contributed by atoms with E-state index in [1.807, 2.05) is 27.7 Å². The van der Waals surface area contributed by atoms with E-state index in [2.05, 4.69) is 0 Å². The largest absolute Gasteiger partial charge is 0.497 e. The fourth-order valence-electron chi connectivity index (χ4n) is 2.04. The molecule has 1 aliphatic heterocycles. The molecule has 0 aromatic heterocycles. The minimum Gasteiger partial charge on any atom is -0.399 e. The molecule has 1 heterocycles. The maximum Gasteiger partial charge on any atom is 0.497 e. The Morgan fingerprint density at radius 3 is 2.05 bits per heavy atom. The van der Waals surface area contributed by atoms with Crippen LogP contribution in [0.5, 0.6) is 0 Å². The Kier molecular flexibility index (Phi) is 3.94. The van der Waals surface area contributed by atoms with E-state index in [9.17, 15) is 12.8 Å². The van der Waals surface area contributed by atoms with Gasteiger partial charge in [0, 0.05) is 11.7 Å². The van der Waals surface area contributed by atoms with Crippen LogP contribution >= 0.6 is 11.6 Å². The van der Waals surface area contributed by atoms with Crippen LogP contribution in [-0.4, -0.2) is 33.0 Å². The van der Waals surface area contributed by atoms with E-state index in [1.165, 1.54) is 12.1 Å². The highest BCUT2D eigenvalue weighted by molar-refractivity contribution is 7.90. The van der Waals surface area contributed by atoms with Crippen LogP contribution in [0.3, 0.4) is 0 Å². The molecular weight excluding hydrogens is 317 g/mol. The van der Waals surface area contributed by atoms with Gasteiger partial charge in [-0.2, -0.15) is 0 Å². The minimum atomic E-state index is -3.79. The van der Waals surface area contributed by atoms with Gasteiger partial charge in [0.1, 0.15) is 10.7 Å². The molecule has 0 atom stereocenters. The zero-order valence-electron chi connectivity index (χ0n) is 12.5. The van der Waals surface area contributed by atoms with Crippen LogP contribution in [0.15, 0.2) is 17.0 Å². The molecule has 116 valence electrons. The second kappa shape index (κ2) is 4.94. The van der Waals surface area contributed by atoms with Gasteiger partial charge in [0.15, 0.2) is 9.84 Å². The van der Waals surface area contributed by atoms with Crippen LogP contribution < -0.4 is 5.46 Å². The van der Waals surface area contributed by atoms with E-state index in [1.54, 1.807) is 0 Å². The van der Waals surface area contributed by atoms with Crippen LogP contribution in [0.25, 0.3) is 0 Å². The molecule has 2 rings (SSSR count). The lowest BCUT2D eigenvalue weighted by Crippen LogP contribution is -2.41. The summed E-state index contributed by atoms with van der Waals surface area (Å²) in [6.07, 6.45) is 0.908. The van der Waals surface area contributed by atoms with Gasteiger partial charge in [-0.1, -0.05) is 17.7 Å². The fraction of sp³-hybridized carbons (Fsp3) is 0.538. The van der Waals surface area contributed by atoms with Crippen LogP contribution in [-0.2, 0) is 19.1 Å². The van der Waals surface area contributed by atoms with Crippen molar-refractivity contribution in [3.63, 3.8) is 0 Å². The van der Waals surface area contributed by atoms with E-state index >= 15 is 0 Å². The molecule has 1 fully saturated rings. The zero-order valence-corrected chi connectivity index (χ0v) is 14.1. The second-order valence-corrected chi connectivity index (χ2v) is 8.50. The number of benzene rings is 1. The molecule has 8 heteroatoms. The first-order valence-corrected chi connectivity index (χ1v) is 8.67. The molecule has 1 aromatic carbocycles. The SMILES string of the molecule is CC1(C)OB(c2ccc(Cl)c(S(C)(=O)=O)c2F)OC1(C)C. The Bertz CT molecular complexity index is 672. The molecule has 21 heavy (non-hydrogen) atoms. The number of sulfone groups is 1. The molecule has 0 amide bonds. The van der Waals surface area contributed by atoms with Gasteiger partial charge >= 0.3 is 7.12 Å². The van der Waals surface area contributed by atoms with Gasteiger partial charge < -0.3 is 9.31 Å². The quantitative estimate of drug-likeness (QED) is 0.778. The van der Waals surface area contributed by atoms with Gasteiger partial charge in [0.25, 0.3) is 0 Å². The maximum atomic E-state index is 14.6. The molecule has 0 radical (unpaired) electrons. The number of hydrogen-bond acceptors (Lipinski definition) is 4. The lowest BCUT2D eigenvalue weighted by Gasteiger charge is -2.32. The van der Waals surface area contributed by atoms with Gasteiger partial charge in [-0.3, -0.25) is 0 Å². The summed E-state index contributed by atoms with van der Waals surface area (Å²) < 4.78 is 49.4. The van der Waals surface area contributed by atoms with Crippen molar-refractivity contribution in [1.82, 2.24) is 0 Å². The normalized spacial score (nSPS) is 20.8. The predicted molar refractivity (Wildman–Crippen MR) is 80.2 cm³/mol. The van der Waals surface area contributed by atoms with Crippen LogP contribution in [0, 0.1) is 5.82 Å². The third-order valence-electron chi connectivity index (χ3n) is 3.96. The van der Waals surface area contributed by atoms with Crippen LogP contribution in [0.2, 0.25) is 5.02 Å². The molecule has 0 spiro atoms. The first-order valence-electron chi connectivity index (χ1n) is 6.40. The summed E-state index contributed by atoms with van der Waals surface area (Å²) >= 11 is 5.80. The standard InChI is InChI=1S/C13H17BClFO4S/c1-12(2)13(3,4)20-14(19-12)8-6-7-9(15)11(10(8)16)21(5,17)18/h6-7H,1-5H3. The van der Waals surface area contributed by atoms with Crippen LogP contribution in [0.4, 0.5) is 4.39 Å². The topological polar surface area (TPSA) is 52.6 Å². The summed E-state index contributed by atoms with van der Waals surface area (Å²) in [5, 5.41) is -0.157. The number of hydrogen-bond donors (Lipinski definition) is 0. The number of rotatable bonds is 2. The van der Waals surface area contributed by atoms with E-state index in [4.69, 9.17) is 20.9 Å². The summed E-state index contributed by atoms with van der Waals surface area (Å²) in [6.45, 7) is 7.33. The molecule has 0 saturated carbocycles. The van der Waals surface area contributed by atoms with Gasteiger partial charge in [0.2, 0.25) is 0 Å². The van der Waals surface area contributed by atoms with Gasteiger partial charge in [-0.15, -0.1) is 0 Å². The van der Waals surface area contributed by atoms with Gasteiger partial charge in [-0.25, -0.2) is 12.8 Å². The average Bonchev–Trinajstić information content (AvgIpc) is 2.45. The smallest absolute Gasteiger partial charge is 0.399 e.